The monoisotopic (exact) mass is 225 g/mol. The first-order chi connectivity index (χ1) is 8.34. The fourth-order valence-corrected chi connectivity index (χ4v) is 2.20. The minimum atomic E-state index is 0.0890. The lowest BCUT2D eigenvalue weighted by molar-refractivity contribution is 0.567. The van der Waals surface area contributed by atoms with Crippen molar-refractivity contribution in [3.05, 3.63) is 59.7 Å². The van der Waals surface area contributed by atoms with Gasteiger partial charge in [0.05, 0.1) is 0 Å². The molecule has 3 nitrogen and oxygen atoms in total. The zero-order chi connectivity index (χ0) is 11.7. The van der Waals surface area contributed by atoms with Crippen molar-refractivity contribution in [1.82, 2.24) is 5.32 Å². The second kappa shape index (κ2) is 4.11. The minimum Gasteiger partial charge on any atom is -0.398 e. The Bertz CT molecular complexity index is 536. The number of hydrogen-bond donors (Lipinski definition) is 3. The molecule has 0 amide bonds. The predicted octanol–water partition coefficient (Wildman–Crippen LogP) is 2.48. The van der Waals surface area contributed by atoms with Gasteiger partial charge in [-0.3, -0.25) is 5.32 Å². The molecule has 3 heteroatoms. The molecule has 17 heavy (non-hydrogen) atoms. The second-order valence-corrected chi connectivity index (χ2v) is 4.24. The molecule has 0 aliphatic carbocycles. The maximum Gasteiger partial charge on any atom is 0.105 e. The van der Waals surface area contributed by atoms with E-state index in [0.29, 0.717) is 0 Å². The Labute approximate surface area is 101 Å². The molecule has 3 rings (SSSR count). The number of rotatable bonds is 1. The Morgan fingerprint density at radius 1 is 1.00 bits per heavy atom. The van der Waals surface area contributed by atoms with Gasteiger partial charge in [0, 0.05) is 23.5 Å². The lowest BCUT2D eigenvalue weighted by Gasteiger charge is -2.29. The lowest BCUT2D eigenvalue weighted by Crippen LogP contribution is -2.32. The highest BCUT2D eigenvalue weighted by Gasteiger charge is 2.19. The van der Waals surface area contributed by atoms with Crippen LogP contribution in [0.5, 0.6) is 0 Å². The molecule has 1 aliphatic heterocycles. The van der Waals surface area contributed by atoms with E-state index in [2.05, 4.69) is 28.8 Å². The molecule has 0 bridgehead atoms. The van der Waals surface area contributed by atoms with Crippen LogP contribution in [0.2, 0.25) is 0 Å². The fourth-order valence-electron chi connectivity index (χ4n) is 2.20. The van der Waals surface area contributed by atoms with E-state index in [4.69, 9.17) is 5.73 Å². The Balaban J connectivity index is 1.92. The van der Waals surface area contributed by atoms with E-state index in [1.165, 1.54) is 11.3 Å². The number of hydrogen-bond acceptors (Lipinski definition) is 3. The molecular weight excluding hydrogens is 210 g/mol. The van der Waals surface area contributed by atoms with Crippen molar-refractivity contribution in [2.24, 2.45) is 0 Å². The van der Waals surface area contributed by atoms with Gasteiger partial charge >= 0.3 is 0 Å². The normalized spacial score (nSPS) is 18.2. The highest BCUT2D eigenvalue weighted by molar-refractivity contribution is 5.57. The molecule has 2 aromatic rings. The summed E-state index contributed by atoms with van der Waals surface area (Å²) in [6, 6.07) is 16.3. The third kappa shape index (κ3) is 1.85. The Kier molecular flexibility index (Phi) is 2.46. The number of benzene rings is 2. The quantitative estimate of drug-likeness (QED) is 0.653. The van der Waals surface area contributed by atoms with E-state index in [0.717, 1.165) is 17.8 Å². The van der Waals surface area contributed by atoms with Gasteiger partial charge in [0.15, 0.2) is 0 Å². The van der Waals surface area contributed by atoms with Crippen LogP contribution in [-0.4, -0.2) is 0 Å². The lowest BCUT2D eigenvalue weighted by atomic mass is 10.1. The molecule has 0 spiro atoms. The molecule has 1 atom stereocenters. The summed E-state index contributed by atoms with van der Waals surface area (Å²) < 4.78 is 0. The van der Waals surface area contributed by atoms with E-state index in [-0.39, 0.29) is 6.17 Å². The van der Waals surface area contributed by atoms with Crippen LogP contribution in [-0.2, 0) is 6.54 Å². The number of anilines is 2. The number of nitrogen functional groups attached to an aromatic ring is 1. The van der Waals surface area contributed by atoms with Crippen molar-refractivity contribution < 1.29 is 0 Å². The van der Waals surface area contributed by atoms with Crippen LogP contribution in [0.3, 0.4) is 0 Å². The van der Waals surface area contributed by atoms with Gasteiger partial charge in [0.2, 0.25) is 0 Å². The molecule has 4 N–H and O–H groups in total. The van der Waals surface area contributed by atoms with Crippen LogP contribution in [0.25, 0.3) is 0 Å². The van der Waals surface area contributed by atoms with Crippen LogP contribution >= 0.6 is 0 Å². The molecule has 86 valence electrons. The van der Waals surface area contributed by atoms with Gasteiger partial charge in [0.25, 0.3) is 0 Å². The molecular formula is C14H15N3. The standard InChI is InChI=1S/C14H15N3/c15-12-7-3-2-6-11(12)14-16-9-10-5-1-4-8-13(10)17-14/h1-8,14,16-17H,9,15H2. The molecule has 1 aliphatic rings. The molecule has 0 aromatic heterocycles. The Morgan fingerprint density at radius 2 is 1.76 bits per heavy atom. The first-order valence-corrected chi connectivity index (χ1v) is 5.77. The third-order valence-electron chi connectivity index (χ3n) is 3.12. The highest BCUT2D eigenvalue weighted by Crippen LogP contribution is 2.28. The van der Waals surface area contributed by atoms with Crippen molar-refractivity contribution in [3.63, 3.8) is 0 Å². The maximum atomic E-state index is 5.99. The zero-order valence-electron chi connectivity index (χ0n) is 9.48. The van der Waals surface area contributed by atoms with E-state index < -0.39 is 0 Å². The predicted molar refractivity (Wildman–Crippen MR) is 70.5 cm³/mol. The van der Waals surface area contributed by atoms with E-state index in [9.17, 15) is 0 Å². The van der Waals surface area contributed by atoms with Crippen LogP contribution in [0, 0.1) is 0 Å². The van der Waals surface area contributed by atoms with Crippen LogP contribution in [0.4, 0.5) is 11.4 Å². The van der Waals surface area contributed by atoms with Gasteiger partial charge in [-0.2, -0.15) is 0 Å². The first-order valence-electron chi connectivity index (χ1n) is 5.77. The van der Waals surface area contributed by atoms with Crippen molar-refractivity contribution in [2.45, 2.75) is 12.7 Å². The average molecular weight is 225 g/mol. The summed E-state index contributed by atoms with van der Waals surface area (Å²) in [6.45, 7) is 0.863. The minimum absolute atomic E-state index is 0.0890. The summed E-state index contributed by atoms with van der Waals surface area (Å²) in [5.41, 5.74) is 10.4. The Hall–Kier alpha value is -2.00. The van der Waals surface area contributed by atoms with Crippen molar-refractivity contribution in [1.29, 1.82) is 0 Å². The fraction of sp³-hybridized carbons (Fsp3) is 0.143. The first kappa shape index (κ1) is 10.2. The summed E-state index contributed by atoms with van der Waals surface area (Å²) in [5.74, 6) is 0. The van der Waals surface area contributed by atoms with E-state index >= 15 is 0 Å². The van der Waals surface area contributed by atoms with E-state index in [1.807, 2.05) is 30.3 Å². The van der Waals surface area contributed by atoms with Gasteiger partial charge in [0.1, 0.15) is 6.17 Å². The molecule has 1 unspecified atom stereocenters. The Morgan fingerprint density at radius 3 is 2.65 bits per heavy atom. The largest absolute Gasteiger partial charge is 0.398 e. The zero-order valence-corrected chi connectivity index (χ0v) is 9.48. The topological polar surface area (TPSA) is 50.1 Å². The van der Waals surface area contributed by atoms with E-state index in [1.54, 1.807) is 0 Å². The number of nitrogens with one attached hydrogen (secondary N) is 2. The summed E-state index contributed by atoms with van der Waals surface area (Å²) in [5, 5.41) is 6.90. The molecule has 0 fully saturated rings. The molecule has 0 saturated carbocycles. The second-order valence-electron chi connectivity index (χ2n) is 4.24. The third-order valence-corrected chi connectivity index (χ3v) is 3.12. The summed E-state index contributed by atoms with van der Waals surface area (Å²) in [7, 11) is 0. The highest BCUT2D eigenvalue weighted by atomic mass is 15.1. The summed E-state index contributed by atoms with van der Waals surface area (Å²) in [4.78, 5) is 0. The molecule has 0 radical (unpaired) electrons. The van der Waals surface area contributed by atoms with Crippen LogP contribution in [0.1, 0.15) is 17.3 Å². The van der Waals surface area contributed by atoms with Crippen molar-refractivity contribution in [2.75, 3.05) is 11.1 Å². The van der Waals surface area contributed by atoms with Gasteiger partial charge in [-0.25, -0.2) is 0 Å². The number of fused-ring (bicyclic) bond motifs is 1. The SMILES string of the molecule is Nc1ccccc1C1NCc2ccccc2N1. The van der Waals surface area contributed by atoms with Crippen LogP contribution < -0.4 is 16.4 Å². The molecule has 2 aromatic carbocycles. The van der Waals surface area contributed by atoms with Gasteiger partial charge in [-0.15, -0.1) is 0 Å². The van der Waals surface area contributed by atoms with Gasteiger partial charge in [-0.05, 0) is 17.7 Å². The number of para-hydroxylation sites is 2. The van der Waals surface area contributed by atoms with Gasteiger partial charge < -0.3 is 11.1 Å². The smallest absolute Gasteiger partial charge is 0.105 e. The summed E-state index contributed by atoms with van der Waals surface area (Å²) in [6.07, 6.45) is 0.0890. The summed E-state index contributed by atoms with van der Waals surface area (Å²) >= 11 is 0. The maximum absolute atomic E-state index is 5.99. The van der Waals surface area contributed by atoms with Gasteiger partial charge in [-0.1, -0.05) is 36.4 Å². The molecule has 1 heterocycles. The van der Waals surface area contributed by atoms with Crippen molar-refractivity contribution in [3.8, 4) is 0 Å². The average Bonchev–Trinajstić information content (AvgIpc) is 2.39. The van der Waals surface area contributed by atoms with Crippen molar-refractivity contribution >= 4 is 11.4 Å². The number of nitrogens with two attached hydrogens (primary N) is 1. The van der Waals surface area contributed by atoms with Crippen LogP contribution in [0.15, 0.2) is 48.5 Å². The molecule has 0 saturated heterocycles.